The molecule has 142 valence electrons. The first-order valence-corrected chi connectivity index (χ1v) is 9.05. The van der Waals surface area contributed by atoms with E-state index in [1.807, 2.05) is 12.1 Å². The number of hydrogen-bond donors (Lipinski definition) is 1. The van der Waals surface area contributed by atoms with Crippen LogP contribution in [0.1, 0.15) is 40.7 Å². The summed E-state index contributed by atoms with van der Waals surface area (Å²) in [6.07, 6.45) is 3.82. The molecule has 0 bridgehead atoms. The van der Waals surface area contributed by atoms with Crippen LogP contribution in [-0.2, 0) is 13.1 Å². The summed E-state index contributed by atoms with van der Waals surface area (Å²) in [5, 5.41) is 13.5. The Morgan fingerprint density at radius 1 is 1.07 bits per heavy atom. The van der Waals surface area contributed by atoms with Gasteiger partial charge in [0.2, 0.25) is 5.82 Å². The van der Waals surface area contributed by atoms with Crippen LogP contribution >= 0.6 is 0 Å². The molecule has 1 aliphatic heterocycles. The van der Waals surface area contributed by atoms with Gasteiger partial charge < -0.3 is 5.32 Å². The zero-order valence-corrected chi connectivity index (χ0v) is 15.0. The number of nitrogens with one attached hydrogen (secondary N) is 1. The van der Waals surface area contributed by atoms with Crippen molar-refractivity contribution in [2.45, 2.75) is 32.4 Å². The van der Waals surface area contributed by atoms with Crippen LogP contribution < -0.4 is 5.32 Å². The Morgan fingerprint density at radius 3 is 2.41 bits per heavy atom. The van der Waals surface area contributed by atoms with Crippen molar-refractivity contribution in [1.82, 2.24) is 10.2 Å². The van der Waals surface area contributed by atoms with Gasteiger partial charge in [0.05, 0.1) is 4.92 Å². The molecule has 0 saturated carbocycles. The van der Waals surface area contributed by atoms with Crippen molar-refractivity contribution in [2.24, 2.45) is 0 Å². The quantitative estimate of drug-likeness (QED) is 0.621. The van der Waals surface area contributed by atoms with Crippen molar-refractivity contribution < 1.29 is 14.1 Å². The smallest absolute Gasteiger partial charge is 0.305 e. The number of nitro groups is 1. The predicted octanol–water partition coefficient (Wildman–Crippen LogP) is 3.65. The fourth-order valence-electron chi connectivity index (χ4n) is 3.22. The van der Waals surface area contributed by atoms with Gasteiger partial charge in [0, 0.05) is 24.7 Å². The summed E-state index contributed by atoms with van der Waals surface area (Å²) in [6.45, 7) is 3.52. The Bertz CT molecular complexity index is 818. The first kappa shape index (κ1) is 19.0. The molecule has 1 heterocycles. The lowest BCUT2D eigenvalue weighted by Crippen LogP contribution is -2.29. The number of likely N-dealkylation sites (tertiary alicyclic amines) is 1. The molecule has 1 N–H and O–H groups in total. The molecule has 7 heteroatoms. The highest BCUT2D eigenvalue weighted by Gasteiger charge is 2.17. The number of carbonyl (C=O) groups is 1. The molecule has 2 aromatic carbocycles. The molecule has 27 heavy (non-hydrogen) atoms. The van der Waals surface area contributed by atoms with Gasteiger partial charge in [-0.1, -0.05) is 30.7 Å². The molecule has 0 radical (unpaired) electrons. The molecule has 0 aliphatic carbocycles. The topological polar surface area (TPSA) is 75.5 Å². The van der Waals surface area contributed by atoms with E-state index in [4.69, 9.17) is 0 Å². The van der Waals surface area contributed by atoms with Gasteiger partial charge in [0.25, 0.3) is 5.91 Å². The van der Waals surface area contributed by atoms with E-state index in [2.05, 4.69) is 22.3 Å². The molecular weight excluding hydrogens is 349 g/mol. The summed E-state index contributed by atoms with van der Waals surface area (Å²) in [4.78, 5) is 24.6. The number of amides is 1. The van der Waals surface area contributed by atoms with Gasteiger partial charge >= 0.3 is 5.69 Å². The fraction of sp³-hybridized carbons (Fsp3) is 0.350. The summed E-state index contributed by atoms with van der Waals surface area (Å²) in [5.74, 6) is -1.43. The van der Waals surface area contributed by atoms with Gasteiger partial charge in [-0.05, 0) is 49.2 Å². The third-order valence-corrected chi connectivity index (χ3v) is 4.74. The normalized spacial score (nSPS) is 14.7. The third kappa shape index (κ3) is 5.10. The van der Waals surface area contributed by atoms with Crippen LogP contribution in [0, 0.1) is 15.9 Å². The Labute approximate surface area is 157 Å². The number of halogens is 1. The lowest BCUT2D eigenvalue weighted by molar-refractivity contribution is -0.387. The second-order valence-electron chi connectivity index (χ2n) is 6.76. The van der Waals surface area contributed by atoms with Gasteiger partial charge in [0.15, 0.2) is 0 Å². The molecule has 2 aromatic rings. The Balaban J connectivity index is 1.55. The van der Waals surface area contributed by atoms with Crippen molar-refractivity contribution in [1.29, 1.82) is 0 Å². The van der Waals surface area contributed by atoms with Crippen molar-refractivity contribution in [3.8, 4) is 0 Å². The number of piperidine rings is 1. The minimum Gasteiger partial charge on any atom is -0.348 e. The van der Waals surface area contributed by atoms with E-state index in [9.17, 15) is 19.3 Å². The van der Waals surface area contributed by atoms with E-state index in [0.717, 1.165) is 37.3 Å². The average molecular weight is 371 g/mol. The van der Waals surface area contributed by atoms with Crippen LogP contribution in [0.15, 0.2) is 42.5 Å². The lowest BCUT2D eigenvalue weighted by Gasteiger charge is -2.26. The summed E-state index contributed by atoms with van der Waals surface area (Å²) in [7, 11) is 0. The number of nitrogens with zero attached hydrogens (tertiary/aromatic N) is 2. The van der Waals surface area contributed by atoms with E-state index >= 15 is 0 Å². The van der Waals surface area contributed by atoms with E-state index in [1.54, 1.807) is 0 Å². The Kier molecular flexibility index (Phi) is 6.13. The number of nitro benzene ring substituents is 1. The summed E-state index contributed by atoms with van der Waals surface area (Å²) in [5.41, 5.74) is 1.53. The number of benzene rings is 2. The second-order valence-corrected chi connectivity index (χ2v) is 6.76. The molecule has 1 fully saturated rings. The molecule has 1 amide bonds. The van der Waals surface area contributed by atoms with Gasteiger partial charge in [-0.15, -0.1) is 0 Å². The van der Waals surface area contributed by atoms with Crippen LogP contribution in [0.3, 0.4) is 0 Å². The number of rotatable bonds is 6. The molecule has 1 aliphatic rings. The molecule has 0 aromatic heterocycles. The molecule has 0 spiro atoms. The standard InChI is InChI=1S/C20H22FN3O3/c21-18-9-8-17(12-19(18)24(26)27)20(25)22-13-15-4-6-16(7-5-15)14-23-10-2-1-3-11-23/h4-9,12H,1-3,10-11,13-14H2,(H,22,25). The zero-order valence-electron chi connectivity index (χ0n) is 15.0. The monoisotopic (exact) mass is 371 g/mol. The van der Waals surface area contributed by atoms with Crippen molar-refractivity contribution in [3.63, 3.8) is 0 Å². The van der Waals surface area contributed by atoms with Crippen molar-refractivity contribution in [3.05, 3.63) is 75.1 Å². The van der Waals surface area contributed by atoms with E-state index in [0.29, 0.717) is 6.54 Å². The SMILES string of the molecule is O=C(NCc1ccc(CN2CCCCC2)cc1)c1ccc(F)c([N+](=O)[O-])c1. The third-order valence-electron chi connectivity index (χ3n) is 4.74. The Hall–Kier alpha value is -2.80. The summed E-state index contributed by atoms with van der Waals surface area (Å²) in [6, 6.07) is 11.2. The van der Waals surface area contributed by atoms with Gasteiger partial charge in [-0.2, -0.15) is 4.39 Å². The Morgan fingerprint density at radius 2 is 1.74 bits per heavy atom. The maximum absolute atomic E-state index is 13.4. The first-order chi connectivity index (χ1) is 13.0. The van der Waals surface area contributed by atoms with Crippen LogP contribution in [0.25, 0.3) is 0 Å². The van der Waals surface area contributed by atoms with Crippen molar-refractivity contribution in [2.75, 3.05) is 13.1 Å². The molecule has 1 saturated heterocycles. The second kappa shape index (κ2) is 8.73. The summed E-state index contributed by atoms with van der Waals surface area (Å²) >= 11 is 0. The maximum Gasteiger partial charge on any atom is 0.305 e. The molecule has 3 rings (SSSR count). The van der Waals surface area contributed by atoms with Crippen LogP contribution in [0.5, 0.6) is 0 Å². The van der Waals surface area contributed by atoms with E-state index in [-0.39, 0.29) is 5.56 Å². The maximum atomic E-state index is 13.4. The molecule has 0 unspecified atom stereocenters. The highest BCUT2D eigenvalue weighted by atomic mass is 19.1. The molecular formula is C20H22FN3O3. The first-order valence-electron chi connectivity index (χ1n) is 9.05. The van der Waals surface area contributed by atoms with Gasteiger partial charge in [-0.3, -0.25) is 19.8 Å². The highest BCUT2D eigenvalue weighted by molar-refractivity contribution is 5.94. The molecule has 0 atom stereocenters. The average Bonchev–Trinajstić information content (AvgIpc) is 2.68. The van der Waals surface area contributed by atoms with Crippen molar-refractivity contribution >= 4 is 11.6 Å². The van der Waals surface area contributed by atoms with E-state index < -0.39 is 22.3 Å². The lowest BCUT2D eigenvalue weighted by atomic mass is 10.1. The largest absolute Gasteiger partial charge is 0.348 e. The molecule has 6 nitrogen and oxygen atoms in total. The highest BCUT2D eigenvalue weighted by Crippen LogP contribution is 2.18. The fourth-order valence-corrected chi connectivity index (χ4v) is 3.22. The van der Waals surface area contributed by atoms with Crippen LogP contribution in [0.4, 0.5) is 10.1 Å². The van der Waals surface area contributed by atoms with Gasteiger partial charge in [-0.25, -0.2) is 0 Å². The number of hydrogen-bond acceptors (Lipinski definition) is 4. The zero-order chi connectivity index (χ0) is 19.2. The van der Waals surface area contributed by atoms with Crippen LogP contribution in [-0.4, -0.2) is 28.8 Å². The number of carbonyl (C=O) groups excluding carboxylic acids is 1. The van der Waals surface area contributed by atoms with Crippen LogP contribution in [0.2, 0.25) is 0 Å². The minimum absolute atomic E-state index is 0.0600. The van der Waals surface area contributed by atoms with Gasteiger partial charge in [0.1, 0.15) is 0 Å². The summed E-state index contributed by atoms with van der Waals surface area (Å²) < 4.78 is 13.4. The predicted molar refractivity (Wildman–Crippen MR) is 99.8 cm³/mol. The van der Waals surface area contributed by atoms with E-state index in [1.165, 1.54) is 30.9 Å². The minimum atomic E-state index is -0.958.